The van der Waals surface area contributed by atoms with Crippen LogP contribution in [0.5, 0.6) is 0 Å². The number of carbonyl (C=O) groups excluding carboxylic acids is 3. The first-order valence-corrected chi connectivity index (χ1v) is 15.6. The van der Waals surface area contributed by atoms with Crippen molar-refractivity contribution in [2.75, 3.05) is 57.8 Å². The maximum absolute atomic E-state index is 13.9. The van der Waals surface area contributed by atoms with E-state index in [0.29, 0.717) is 58.8 Å². The van der Waals surface area contributed by atoms with Crippen molar-refractivity contribution in [3.8, 4) is 0 Å². The maximum Gasteiger partial charge on any atom is 0.322 e. The van der Waals surface area contributed by atoms with Gasteiger partial charge in [0.05, 0.1) is 24.9 Å². The molecule has 3 N–H and O–H groups in total. The molecular weight excluding hydrogens is 560 g/mol. The van der Waals surface area contributed by atoms with E-state index in [1.54, 1.807) is 11.8 Å². The van der Waals surface area contributed by atoms with Gasteiger partial charge in [0.15, 0.2) is 0 Å². The minimum absolute atomic E-state index is 0.0519. The number of fused-ring (bicyclic) bond motifs is 2. The van der Waals surface area contributed by atoms with Crippen LogP contribution in [0.3, 0.4) is 0 Å². The Bertz CT molecular complexity index is 1490. The number of ether oxygens (including phenoxy) is 1. The number of benzene rings is 2. The van der Waals surface area contributed by atoms with E-state index in [-0.39, 0.29) is 24.0 Å². The van der Waals surface area contributed by atoms with Crippen molar-refractivity contribution in [2.24, 2.45) is 0 Å². The number of nitrogens with zero attached hydrogens (tertiary/aromatic N) is 5. The first-order chi connectivity index (χ1) is 21.4. The Morgan fingerprint density at radius 1 is 1.11 bits per heavy atom. The van der Waals surface area contributed by atoms with Crippen molar-refractivity contribution in [2.45, 2.75) is 51.9 Å². The minimum Gasteiger partial charge on any atom is -0.379 e. The number of urea groups is 2. The summed E-state index contributed by atoms with van der Waals surface area (Å²) in [6, 6.07) is 10.9. The number of anilines is 1. The summed E-state index contributed by atoms with van der Waals surface area (Å²) in [5.41, 5.74) is 5.03. The number of aromatic amines is 1. The smallest absolute Gasteiger partial charge is 0.322 e. The number of morpholine rings is 1. The zero-order valence-corrected chi connectivity index (χ0v) is 25.6. The van der Waals surface area contributed by atoms with Gasteiger partial charge in [-0.2, -0.15) is 5.10 Å². The Morgan fingerprint density at radius 3 is 2.68 bits per heavy atom. The third-order valence-corrected chi connectivity index (χ3v) is 9.18. The lowest BCUT2D eigenvalue weighted by Gasteiger charge is -2.40. The quantitative estimate of drug-likeness (QED) is 0.364. The van der Waals surface area contributed by atoms with Gasteiger partial charge in [-0.05, 0) is 55.5 Å². The summed E-state index contributed by atoms with van der Waals surface area (Å²) in [4.78, 5) is 47.8. The zero-order chi connectivity index (χ0) is 30.6. The molecule has 3 aromatic rings. The van der Waals surface area contributed by atoms with Crippen molar-refractivity contribution in [1.29, 1.82) is 0 Å². The molecule has 234 valence electrons. The number of H-pyrrole nitrogens is 1. The molecule has 44 heavy (non-hydrogen) atoms. The predicted molar refractivity (Wildman–Crippen MR) is 167 cm³/mol. The molecular formula is C32H42N8O4. The van der Waals surface area contributed by atoms with Gasteiger partial charge in [-0.3, -0.25) is 14.8 Å². The third-order valence-electron chi connectivity index (χ3n) is 9.18. The van der Waals surface area contributed by atoms with Gasteiger partial charge in [-0.15, -0.1) is 0 Å². The number of para-hydroxylation sites is 1. The molecule has 1 atom stereocenters. The molecule has 5 amide bonds. The van der Waals surface area contributed by atoms with Crippen LogP contribution in [0, 0.1) is 6.92 Å². The topological polar surface area (TPSA) is 126 Å². The van der Waals surface area contributed by atoms with E-state index in [2.05, 4.69) is 25.7 Å². The van der Waals surface area contributed by atoms with Crippen LogP contribution in [0.2, 0.25) is 0 Å². The van der Waals surface area contributed by atoms with Crippen molar-refractivity contribution in [3.05, 3.63) is 59.3 Å². The first kappa shape index (κ1) is 29.9. The van der Waals surface area contributed by atoms with Gasteiger partial charge in [-0.25, -0.2) is 9.59 Å². The predicted octanol–water partition coefficient (Wildman–Crippen LogP) is 3.14. The molecule has 0 radical (unpaired) electrons. The van der Waals surface area contributed by atoms with Crippen LogP contribution >= 0.6 is 0 Å². The van der Waals surface area contributed by atoms with Crippen LogP contribution in [0.25, 0.3) is 10.9 Å². The van der Waals surface area contributed by atoms with Crippen LogP contribution in [-0.4, -0.2) is 112 Å². The fourth-order valence-corrected chi connectivity index (χ4v) is 6.45. The second-order valence-corrected chi connectivity index (χ2v) is 12.0. The average Bonchev–Trinajstić information content (AvgIpc) is 3.53. The van der Waals surface area contributed by atoms with Crippen LogP contribution in [-0.2, 0) is 22.6 Å². The molecule has 3 aliphatic rings. The fourth-order valence-electron chi connectivity index (χ4n) is 6.45. The Labute approximate surface area is 257 Å². The van der Waals surface area contributed by atoms with Gasteiger partial charge in [0.1, 0.15) is 6.04 Å². The molecule has 2 saturated heterocycles. The van der Waals surface area contributed by atoms with Crippen molar-refractivity contribution < 1.29 is 19.1 Å². The van der Waals surface area contributed by atoms with E-state index in [4.69, 9.17) is 4.74 Å². The number of piperidine rings is 1. The molecule has 2 fully saturated rings. The summed E-state index contributed by atoms with van der Waals surface area (Å²) >= 11 is 0. The number of carbonyl (C=O) groups is 3. The number of nitrogens with one attached hydrogen (secondary N) is 3. The highest BCUT2D eigenvalue weighted by molar-refractivity contribution is 5.92. The Kier molecular flexibility index (Phi) is 8.99. The van der Waals surface area contributed by atoms with Crippen molar-refractivity contribution in [1.82, 2.24) is 35.1 Å². The highest BCUT2D eigenvalue weighted by Gasteiger charge is 2.33. The van der Waals surface area contributed by atoms with E-state index in [1.165, 1.54) is 0 Å². The van der Waals surface area contributed by atoms with Crippen LogP contribution in [0.4, 0.5) is 15.3 Å². The molecule has 1 aromatic heterocycles. The lowest BCUT2D eigenvalue weighted by atomic mass is 10.0. The third kappa shape index (κ3) is 6.51. The van der Waals surface area contributed by atoms with Crippen LogP contribution < -0.4 is 10.6 Å². The van der Waals surface area contributed by atoms with Crippen molar-refractivity contribution >= 4 is 34.6 Å². The number of rotatable bonds is 8. The van der Waals surface area contributed by atoms with Gasteiger partial charge in [0.2, 0.25) is 5.91 Å². The summed E-state index contributed by atoms with van der Waals surface area (Å²) in [5.74, 6) is -0.120. The molecule has 0 spiro atoms. The number of aromatic nitrogens is 2. The molecule has 2 aromatic carbocycles. The van der Waals surface area contributed by atoms with E-state index < -0.39 is 6.04 Å². The standard InChI is InChI=1S/C32H42N8O4/c1-22-7-8-29-26(19-33-36-29)27(22)21-39(14-13-37-15-17-44-18-16-37)30(41)23(2)34-31(42)38-11-9-25(10-12-38)40-20-24-5-3-4-6-28(24)35-32(40)43/h3-8,19,23,25H,9-18,20-21H2,1-2H3,(H,33,36)(H,34,42)(H,35,43). The van der Waals surface area contributed by atoms with Gasteiger partial charge in [-0.1, -0.05) is 24.3 Å². The van der Waals surface area contributed by atoms with Gasteiger partial charge >= 0.3 is 12.1 Å². The molecule has 1 unspecified atom stereocenters. The van der Waals surface area contributed by atoms with Crippen LogP contribution in [0.15, 0.2) is 42.6 Å². The first-order valence-electron chi connectivity index (χ1n) is 15.6. The van der Waals surface area contributed by atoms with Crippen molar-refractivity contribution in [3.63, 3.8) is 0 Å². The summed E-state index contributed by atoms with van der Waals surface area (Å²) in [6.45, 7) is 10.2. The Morgan fingerprint density at radius 2 is 1.89 bits per heavy atom. The van der Waals surface area contributed by atoms with Gasteiger partial charge in [0.25, 0.3) is 0 Å². The molecule has 3 aliphatic heterocycles. The number of hydrogen-bond acceptors (Lipinski definition) is 6. The summed E-state index contributed by atoms with van der Waals surface area (Å²) in [7, 11) is 0. The molecule has 6 rings (SSSR count). The summed E-state index contributed by atoms with van der Waals surface area (Å²) < 4.78 is 5.50. The highest BCUT2D eigenvalue weighted by Crippen LogP contribution is 2.28. The molecule has 0 bridgehead atoms. The minimum atomic E-state index is -0.696. The second kappa shape index (κ2) is 13.2. The molecule has 4 heterocycles. The Balaban J connectivity index is 1.07. The SMILES string of the molecule is Cc1ccc2[nH]ncc2c1CN(CCN1CCOCC1)C(=O)C(C)NC(=O)N1CCC(N2Cc3ccccc3NC2=O)CC1. The van der Waals surface area contributed by atoms with Crippen LogP contribution in [0.1, 0.15) is 36.5 Å². The zero-order valence-electron chi connectivity index (χ0n) is 25.6. The molecule has 0 saturated carbocycles. The fraction of sp³-hybridized carbons (Fsp3) is 0.500. The maximum atomic E-state index is 13.9. The van der Waals surface area contributed by atoms with E-state index in [9.17, 15) is 14.4 Å². The highest BCUT2D eigenvalue weighted by atomic mass is 16.5. The van der Waals surface area contributed by atoms with Gasteiger partial charge < -0.3 is 30.1 Å². The summed E-state index contributed by atoms with van der Waals surface area (Å²) in [6.07, 6.45) is 3.18. The number of likely N-dealkylation sites (tertiary alicyclic amines) is 1. The number of amides is 5. The Hall–Kier alpha value is -4.16. The largest absolute Gasteiger partial charge is 0.379 e. The molecule has 12 nitrogen and oxygen atoms in total. The van der Waals surface area contributed by atoms with E-state index in [0.717, 1.165) is 52.9 Å². The molecule has 0 aliphatic carbocycles. The average molecular weight is 603 g/mol. The molecule has 12 heteroatoms. The van der Waals surface area contributed by atoms with E-state index >= 15 is 0 Å². The lowest BCUT2D eigenvalue weighted by molar-refractivity contribution is -0.133. The lowest BCUT2D eigenvalue weighted by Crippen LogP contribution is -2.55. The number of aryl methyl sites for hydroxylation is 1. The summed E-state index contributed by atoms with van der Waals surface area (Å²) in [5, 5.41) is 14.2. The van der Waals surface area contributed by atoms with E-state index in [1.807, 2.05) is 59.3 Å². The van der Waals surface area contributed by atoms with Gasteiger partial charge in [0, 0.05) is 69.5 Å². The number of hydrogen-bond donors (Lipinski definition) is 3. The normalized spacial score (nSPS) is 18.5. The monoisotopic (exact) mass is 602 g/mol. The second-order valence-electron chi connectivity index (χ2n) is 12.0.